The van der Waals surface area contributed by atoms with Crippen molar-refractivity contribution in [3.63, 3.8) is 0 Å². The van der Waals surface area contributed by atoms with Crippen LogP contribution in [-0.4, -0.2) is 13.2 Å². The third kappa shape index (κ3) is 16.8. The van der Waals surface area contributed by atoms with Crippen LogP contribution in [-0.2, 0) is 4.74 Å². The summed E-state index contributed by atoms with van der Waals surface area (Å²) in [7, 11) is 0. The van der Waals surface area contributed by atoms with Gasteiger partial charge in [-0.2, -0.15) is 0 Å². The van der Waals surface area contributed by atoms with Crippen LogP contribution >= 0.6 is 0 Å². The molecule has 0 heterocycles. The number of unbranched alkanes of at least 4 members (excludes halogenated alkanes) is 6. The lowest BCUT2D eigenvalue weighted by Gasteiger charge is -2.30. The van der Waals surface area contributed by atoms with Crippen LogP contribution in [0.4, 0.5) is 0 Å². The number of hydrogen-bond acceptors (Lipinski definition) is 1. The van der Waals surface area contributed by atoms with E-state index in [0.29, 0.717) is 0 Å². The van der Waals surface area contributed by atoms with Crippen molar-refractivity contribution in [2.75, 3.05) is 13.2 Å². The van der Waals surface area contributed by atoms with Crippen LogP contribution in [0.15, 0.2) is 23.3 Å². The van der Waals surface area contributed by atoms with E-state index in [2.05, 4.69) is 26.0 Å². The average molecular weight is 651 g/mol. The van der Waals surface area contributed by atoms with Crippen molar-refractivity contribution >= 4 is 0 Å². The van der Waals surface area contributed by atoms with Gasteiger partial charge in [0.1, 0.15) is 0 Å². The Hall–Kier alpha value is -0.560. The first-order valence-electron chi connectivity index (χ1n) is 22.1. The molecule has 1 nitrogen and oxygen atoms in total. The Morgan fingerprint density at radius 2 is 0.809 bits per heavy atom. The highest BCUT2D eigenvalue weighted by molar-refractivity contribution is 5.07. The van der Waals surface area contributed by atoms with Gasteiger partial charge in [-0.15, -0.1) is 0 Å². The second-order valence-corrected chi connectivity index (χ2v) is 17.5. The van der Waals surface area contributed by atoms with Crippen molar-refractivity contribution < 1.29 is 4.74 Å². The number of hydrogen-bond donors (Lipinski definition) is 0. The predicted molar refractivity (Wildman–Crippen MR) is 207 cm³/mol. The van der Waals surface area contributed by atoms with Gasteiger partial charge in [-0.1, -0.05) is 166 Å². The van der Waals surface area contributed by atoms with Gasteiger partial charge in [-0.25, -0.2) is 0 Å². The minimum Gasteiger partial charge on any atom is -0.381 e. The highest BCUT2D eigenvalue weighted by Crippen LogP contribution is 2.38. The van der Waals surface area contributed by atoms with Crippen molar-refractivity contribution in [1.82, 2.24) is 0 Å². The topological polar surface area (TPSA) is 9.23 Å². The van der Waals surface area contributed by atoms with Gasteiger partial charge < -0.3 is 4.74 Å². The van der Waals surface area contributed by atoms with Crippen LogP contribution < -0.4 is 0 Å². The Bertz CT molecular complexity index is 754. The molecule has 2 fully saturated rings. The molecular weight excluding hydrogens is 569 g/mol. The summed E-state index contributed by atoms with van der Waals surface area (Å²) in [6.07, 6.45) is 51.5. The Balaban J connectivity index is 0.926. The first kappa shape index (κ1) is 39.2. The monoisotopic (exact) mass is 651 g/mol. The van der Waals surface area contributed by atoms with E-state index in [0.717, 1.165) is 48.7 Å². The van der Waals surface area contributed by atoms with Gasteiger partial charge in [-0.05, 0) is 113 Å². The molecule has 0 N–H and O–H groups in total. The first-order valence-corrected chi connectivity index (χ1v) is 22.1. The summed E-state index contributed by atoms with van der Waals surface area (Å²) in [5, 5.41) is 0. The Morgan fingerprint density at radius 3 is 1.17 bits per heavy atom. The van der Waals surface area contributed by atoms with E-state index < -0.39 is 0 Å². The summed E-state index contributed by atoms with van der Waals surface area (Å²) >= 11 is 0. The molecule has 1 heteroatoms. The fourth-order valence-electron chi connectivity index (χ4n) is 10.0. The van der Waals surface area contributed by atoms with E-state index >= 15 is 0 Å². The molecule has 0 amide bonds. The van der Waals surface area contributed by atoms with E-state index in [1.165, 1.54) is 205 Å². The molecule has 47 heavy (non-hydrogen) atoms. The smallest absolute Gasteiger partial charge is 0.0469 e. The maximum atomic E-state index is 6.09. The molecule has 4 aliphatic rings. The minimum absolute atomic E-state index is 0.962. The number of rotatable bonds is 24. The minimum atomic E-state index is 0.962. The number of allylic oxidation sites excluding steroid dienone is 4. The van der Waals surface area contributed by atoms with E-state index in [4.69, 9.17) is 4.74 Å². The molecule has 0 radical (unpaired) electrons. The zero-order valence-corrected chi connectivity index (χ0v) is 32.1. The van der Waals surface area contributed by atoms with Crippen molar-refractivity contribution in [1.29, 1.82) is 0 Å². The Kier molecular flexibility index (Phi) is 20.5. The predicted octanol–water partition coefficient (Wildman–Crippen LogP) is 15.1. The standard InChI is InChI=1S/C46H82O/c1-3-5-7-9-13-39-17-25-43(26-18-39)33-35-45-29-21-41(22-30-45)15-11-37-47-38-12-16-42-23-31-46(32-24-42)36-34-44-27-19-40(20-28-44)14-10-8-6-4-2/h21,23,39-40,43-46H,3-20,22,24-38H2,1-2H3. The van der Waals surface area contributed by atoms with Crippen LogP contribution in [0.1, 0.15) is 219 Å². The summed E-state index contributed by atoms with van der Waals surface area (Å²) in [6, 6.07) is 0. The average Bonchev–Trinajstić information content (AvgIpc) is 3.12. The van der Waals surface area contributed by atoms with Gasteiger partial charge >= 0.3 is 0 Å². The lowest BCUT2D eigenvalue weighted by Crippen LogP contribution is -2.16. The van der Waals surface area contributed by atoms with E-state index in [-0.39, 0.29) is 0 Å². The van der Waals surface area contributed by atoms with E-state index in [1.807, 2.05) is 0 Å². The van der Waals surface area contributed by atoms with Crippen LogP contribution in [0.5, 0.6) is 0 Å². The lowest BCUT2D eigenvalue weighted by molar-refractivity contribution is 0.129. The lowest BCUT2D eigenvalue weighted by atomic mass is 9.76. The summed E-state index contributed by atoms with van der Waals surface area (Å²) in [6.45, 7) is 6.58. The van der Waals surface area contributed by atoms with Gasteiger partial charge in [0.2, 0.25) is 0 Å². The largest absolute Gasteiger partial charge is 0.381 e. The molecule has 2 atom stereocenters. The molecule has 2 saturated carbocycles. The van der Waals surface area contributed by atoms with Crippen molar-refractivity contribution in [2.45, 2.75) is 219 Å². The SMILES string of the molecule is CCCCCCC1CCC(CCC2CC=C(CCCOCCCC3=CCC(CCC4CCC(CCCCCC)CC4)CC3)CC2)CC1. The molecule has 0 aromatic heterocycles. The molecule has 2 unspecified atom stereocenters. The highest BCUT2D eigenvalue weighted by atomic mass is 16.5. The van der Waals surface area contributed by atoms with Crippen LogP contribution in [0.25, 0.3) is 0 Å². The third-order valence-corrected chi connectivity index (χ3v) is 13.6. The molecule has 0 saturated heterocycles. The van der Waals surface area contributed by atoms with Crippen LogP contribution in [0, 0.1) is 35.5 Å². The van der Waals surface area contributed by atoms with E-state index in [9.17, 15) is 0 Å². The normalized spacial score (nSPS) is 28.6. The van der Waals surface area contributed by atoms with Gasteiger partial charge in [0.15, 0.2) is 0 Å². The molecular formula is C46H82O. The maximum absolute atomic E-state index is 6.09. The molecule has 0 aliphatic heterocycles. The molecule has 0 aromatic carbocycles. The van der Waals surface area contributed by atoms with Crippen molar-refractivity contribution in [3.8, 4) is 0 Å². The molecule has 0 spiro atoms. The molecule has 0 aromatic rings. The number of ether oxygens (including phenoxy) is 1. The van der Waals surface area contributed by atoms with Gasteiger partial charge in [0, 0.05) is 13.2 Å². The molecule has 0 bridgehead atoms. The Morgan fingerprint density at radius 1 is 0.426 bits per heavy atom. The molecule has 4 aliphatic carbocycles. The first-order chi connectivity index (χ1) is 23.2. The zero-order chi connectivity index (χ0) is 32.8. The zero-order valence-electron chi connectivity index (χ0n) is 32.1. The van der Waals surface area contributed by atoms with Crippen molar-refractivity contribution in [2.24, 2.45) is 35.5 Å². The van der Waals surface area contributed by atoms with Gasteiger partial charge in [-0.3, -0.25) is 0 Å². The third-order valence-electron chi connectivity index (χ3n) is 13.6. The molecule has 4 rings (SSSR count). The quantitative estimate of drug-likeness (QED) is 0.0746. The fourth-order valence-corrected chi connectivity index (χ4v) is 10.0. The summed E-state index contributed by atoms with van der Waals surface area (Å²) in [5.74, 6) is 6.17. The van der Waals surface area contributed by atoms with Crippen LogP contribution in [0.2, 0.25) is 0 Å². The molecule has 272 valence electrons. The maximum Gasteiger partial charge on any atom is 0.0469 e. The van der Waals surface area contributed by atoms with Gasteiger partial charge in [0.25, 0.3) is 0 Å². The highest BCUT2D eigenvalue weighted by Gasteiger charge is 2.24. The summed E-state index contributed by atoms with van der Waals surface area (Å²) in [5.41, 5.74) is 3.47. The fraction of sp³-hybridized carbons (Fsp3) is 0.913. The Labute approximate surface area is 295 Å². The van der Waals surface area contributed by atoms with Gasteiger partial charge in [0.05, 0.1) is 0 Å². The van der Waals surface area contributed by atoms with Crippen LogP contribution in [0.3, 0.4) is 0 Å². The summed E-state index contributed by atoms with van der Waals surface area (Å²) in [4.78, 5) is 0. The second-order valence-electron chi connectivity index (χ2n) is 17.5. The van der Waals surface area contributed by atoms with Crippen molar-refractivity contribution in [3.05, 3.63) is 23.3 Å². The summed E-state index contributed by atoms with van der Waals surface area (Å²) < 4.78 is 6.09. The van der Waals surface area contributed by atoms with E-state index in [1.54, 1.807) is 11.1 Å². The second kappa shape index (κ2) is 24.6.